The summed E-state index contributed by atoms with van der Waals surface area (Å²) in [5.74, 6) is -0.452. The number of para-hydroxylation sites is 1. The number of hydrogen-bond acceptors (Lipinski definition) is 2. The highest BCUT2D eigenvalue weighted by atomic mass is 16.4. The zero-order valence-electron chi connectivity index (χ0n) is 16.5. The standard InChI is InChI=1S/C24H26N2O3/c27-23(28)13-12-19-9-6-14-25(15-19)24(29)21-17-26(16-18-7-2-1-3-8-18)22-11-5-4-10-20(21)22/h1-5,7-8,10-11,17,19H,6,9,12-16H2,(H,27,28). The minimum Gasteiger partial charge on any atom is -0.481 e. The van der Waals surface area contributed by atoms with Crippen molar-refractivity contribution >= 4 is 22.8 Å². The average molecular weight is 390 g/mol. The molecular weight excluding hydrogens is 364 g/mol. The summed E-state index contributed by atoms with van der Waals surface area (Å²) in [6, 6.07) is 18.3. The predicted molar refractivity (Wildman–Crippen MR) is 113 cm³/mol. The lowest BCUT2D eigenvalue weighted by Crippen LogP contribution is -2.40. The second kappa shape index (κ2) is 8.52. The molecule has 5 nitrogen and oxygen atoms in total. The minimum atomic E-state index is -0.766. The van der Waals surface area contributed by atoms with Gasteiger partial charge in [-0.15, -0.1) is 0 Å². The number of rotatable bonds is 6. The normalized spacial score (nSPS) is 16.8. The molecule has 0 bridgehead atoms. The van der Waals surface area contributed by atoms with Crippen molar-refractivity contribution in [2.24, 2.45) is 5.92 Å². The van der Waals surface area contributed by atoms with Gasteiger partial charge in [0.2, 0.25) is 0 Å². The van der Waals surface area contributed by atoms with Crippen LogP contribution in [0.1, 0.15) is 41.6 Å². The number of aliphatic carboxylic acids is 1. The van der Waals surface area contributed by atoms with Gasteiger partial charge in [-0.3, -0.25) is 9.59 Å². The van der Waals surface area contributed by atoms with Gasteiger partial charge in [0.15, 0.2) is 0 Å². The monoisotopic (exact) mass is 390 g/mol. The van der Waals surface area contributed by atoms with Crippen LogP contribution in [0.25, 0.3) is 10.9 Å². The van der Waals surface area contributed by atoms with Crippen molar-refractivity contribution in [1.29, 1.82) is 0 Å². The van der Waals surface area contributed by atoms with Crippen LogP contribution in [0.5, 0.6) is 0 Å². The number of carboxylic acid groups (broad SMARTS) is 1. The summed E-state index contributed by atoms with van der Waals surface area (Å²) in [5.41, 5.74) is 2.98. The third-order valence-electron chi connectivity index (χ3n) is 5.79. The molecule has 5 heteroatoms. The topological polar surface area (TPSA) is 62.5 Å². The fourth-order valence-corrected chi connectivity index (χ4v) is 4.31. The van der Waals surface area contributed by atoms with Crippen LogP contribution in [0.3, 0.4) is 0 Å². The number of aromatic nitrogens is 1. The van der Waals surface area contributed by atoms with E-state index in [0.717, 1.165) is 42.4 Å². The number of carbonyl (C=O) groups is 2. The van der Waals surface area contributed by atoms with E-state index in [1.165, 1.54) is 5.56 Å². The van der Waals surface area contributed by atoms with Crippen molar-refractivity contribution in [3.63, 3.8) is 0 Å². The van der Waals surface area contributed by atoms with Gasteiger partial charge >= 0.3 is 5.97 Å². The lowest BCUT2D eigenvalue weighted by Gasteiger charge is -2.32. The highest BCUT2D eigenvalue weighted by Gasteiger charge is 2.27. The van der Waals surface area contributed by atoms with E-state index in [1.807, 2.05) is 47.5 Å². The van der Waals surface area contributed by atoms with Crippen molar-refractivity contribution in [1.82, 2.24) is 9.47 Å². The van der Waals surface area contributed by atoms with Crippen LogP contribution in [0.15, 0.2) is 60.8 Å². The van der Waals surface area contributed by atoms with Crippen molar-refractivity contribution in [3.8, 4) is 0 Å². The molecule has 4 rings (SSSR count). The molecule has 2 heterocycles. The Balaban J connectivity index is 1.58. The van der Waals surface area contributed by atoms with Crippen LogP contribution >= 0.6 is 0 Å². The summed E-state index contributed by atoms with van der Waals surface area (Å²) in [6.07, 6.45) is 4.70. The van der Waals surface area contributed by atoms with Gasteiger partial charge in [0.1, 0.15) is 0 Å². The van der Waals surface area contributed by atoms with Crippen LogP contribution in [0.4, 0.5) is 0 Å². The number of benzene rings is 2. The lowest BCUT2D eigenvalue weighted by atomic mass is 9.93. The lowest BCUT2D eigenvalue weighted by molar-refractivity contribution is -0.137. The Morgan fingerprint density at radius 3 is 2.59 bits per heavy atom. The van der Waals surface area contributed by atoms with E-state index < -0.39 is 5.97 Å². The van der Waals surface area contributed by atoms with Crippen LogP contribution < -0.4 is 0 Å². The zero-order chi connectivity index (χ0) is 20.2. The van der Waals surface area contributed by atoms with E-state index in [0.29, 0.717) is 13.0 Å². The van der Waals surface area contributed by atoms with Gasteiger partial charge in [0.05, 0.1) is 5.56 Å². The van der Waals surface area contributed by atoms with Crippen LogP contribution in [0.2, 0.25) is 0 Å². The molecule has 1 atom stereocenters. The SMILES string of the molecule is O=C(O)CCC1CCCN(C(=O)c2cn(Cc3ccccc3)c3ccccc23)C1. The molecule has 150 valence electrons. The number of likely N-dealkylation sites (tertiary alicyclic amines) is 1. The van der Waals surface area contributed by atoms with Gasteiger partial charge in [-0.1, -0.05) is 48.5 Å². The number of carboxylic acids is 1. The first-order valence-electron chi connectivity index (χ1n) is 10.2. The van der Waals surface area contributed by atoms with Crippen molar-refractivity contribution < 1.29 is 14.7 Å². The van der Waals surface area contributed by atoms with E-state index in [9.17, 15) is 9.59 Å². The fourth-order valence-electron chi connectivity index (χ4n) is 4.31. The molecule has 1 unspecified atom stereocenters. The zero-order valence-corrected chi connectivity index (χ0v) is 16.5. The average Bonchev–Trinajstić information content (AvgIpc) is 3.11. The van der Waals surface area contributed by atoms with E-state index in [1.54, 1.807) is 0 Å². The van der Waals surface area contributed by atoms with Crippen molar-refractivity contribution in [3.05, 3.63) is 71.9 Å². The molecule has 0 aliphatic carbocycles. The number of piperidine rings is 1. The molecule has 1 aliphatic heterocycles. The number of fused-ring (bicyclic) bond motifs is 1. The van der Waals surface area contributed by atoms with Crippen LogP contribution in [0, 0.1) is 5.92 Å². The molecule has 0 saturated carbocycles. The first-order valence-corrected chi connectivity index (χ1v) is 10.2. The molecule has 1 aromatic heterocycles. The fraction of sp³-hybridized carbons (Fsp3) is 0.333. The molecule has 1 saturated heterocycles. The Kier molecular flexibility index (Phi) is 5.65. The van der Waals surface area contributed by atoms with Gasteiger partial charge < -0.3 is 14.6 Å². The van der Waals surface area contributed by atoms with E-state index in [-0.39, 0.29) is 18.2 Å². The first-order chi connectivity index (χ1) is 14.1. The van der Waals surface area contributed by atoms with Crippen molar-refractivity contribution in [2.75, 3.05) is 13.1 Å². The van der Waals surface area contributed by atoms with Gasteiger partial charge in [-0.25, -0.2) is 0 Å². The second-order valence-corrected chi connectivity index (χ2v) is 7.87. The Morgan fingerprint density at radius 2 is 1.79 bits per heavy atom. The molecule has 1 fully saturated rings. The summed E-state index contributed by atoms with van der Waals surface area (Å²) in [6.45, 7) is 2.10. The van der Waals surface area contributed by atoms with Gasteiger partial charge in [-0.2, -0.15) is 0 Å². The largest absolute Gasteiger partial charge is 0.481 e. The quantitative estimate of drug-likeness (QED) is 0.678. The van der Waals surface area contributed by atoms with E-state index in [2.05, 4.69) is 22.8 Å². The molecule has 1 N–H and O–H groups in total. The van der Waals surface area contributed by atoms with Crippen molar-refractivity contribution in [2.45, 2.75) is 32.2 Å². The van der Waals surface area contributed by atoms with E-state index in [4.69, 9.17) is 5.11 Å². The summed E-state index contributed by atoms with van der Waals surface area (Å²) < 4.78 is 2.14. The van der Waals surface area contributed by atoms with Gasteiger partial charge in [-0.05, 0) is 36.8 Å². The molecular formula is C24H26N2O3. The Labute approximate surface area is 170 Å². The molecule has 0 spiro atoms. The molecule has 29 heavy (non-hydrogen) atoms. The highest BCUT2D eigenvalue weighted by molar-refractivity contribution is 6.07. The highest BCUT2D eigenvalue weighted by Crippen LogP contribution is 2.27. The molecule has 0 radical (unpaired) electrons. The molecule has 2 aromatic carbocycles. The Morgan fingerprint density at radius 1 is 1.03 bits per heavy atom. The molecule has 1 amide bonds. The van der Waals surface area contributed by atoms with Gasteiger partial charge in [0.25, 0.3) is 5.91 Å². The Hall–Kier alpha value is -3.08. The molecule has 3 aromatic rings. The Bertz CT molecular complexity index is 1010. The smallest absolute Gasteiger partial charge is 0.303 e. The number of nitrogens with zero attached hydrogens (tertiary/aromatic N) is 2. The predicted octanol–water partition coefficient (Wildman–Crippen LogP) is 4.41. The minimum absolute atomic E-state index is 0.0491. The van der Waals surface area contributed by atoms with E-state index >= 15 is 0 Å². The maximum atomic E-state index is 13.4. The summed E-state index contributed by atoms with van der Waals surface area (Å²) in [7, 11) is 0. The maximum Gasteiger partial charge on any atom is 0.303 e. The summed E-state index contributed by atoms with van der Waals surface area (Å²) >= 11 is 0. The second-order valence-electron chi connectivity index (χ2n) is 7.87. The first kappa shape index (κ1) is 19.2. The summed E-state index contributed by atoms with van der Waals surface area (Å²) in [4.78, 5) is 26.2. The maximum absolute atomic E-state index is 13.4. The number of amides is 1. The number of carbonyl (C=O) groups excluding carboxylic acids is 1. The third-order valence-corrected chi connectivity index (χ3v) is 5.79. The van der Waals surface area contributed by atoms with Gasteiger partial charge in [0, 0.05) is 43.2 Å². The van der Waals surface area contributed by atoms with Crippen LogP contribution in [-0.2, 0) is 11.3 Å². The number of hydrogen-bond donors (Lipinski definition) is 1. The summed E-state index contributed by atoms with van der Waals surface area (Å²) in [5, 5.41) is 9.93. The van der Waals surface area contributed by atoms with Crippen LogP contribution in [-0.4, -0.2) is 39.5 Å². The molecule has 1 aliphatic rings. The third kappa shape index (κ3) is 4.34.